The maximum atomic E-state index is 5.42. The summed E-state index contributed by atoms with van der Waals surface area (Å²) in [5.41, 5.74) is 1.21. The Hall–Kier alpha value is -1.44. The highest BCUT2D eigenvalue weighted by atomic mass is 16.5. The second kappa shape index (κ2) is 4.18. The molecule has 14 heavy (non-hydrogen) atoms. The van der Waals surface area contributed by atoms with E-state index in [9.17, 15) is 0 Å². The van der Waals surface area contributed by atoms with Gasteiger partial charge >= 0.3 is 0 Å². The minimum atomic E-state index is 0.284. The van der Waals surface area contributed by atoms with Crippen LogP contribution in [-0.4, -0.2) is 13.2 Å². The standard InChI is InChI=1S/C12H14O2/c1-13-12-7-3-2-5-10(12)9-11-6-4-8-14-11/h2-5,7-8,11H,6,9H2,1H3. The van der Waals surface area contributed by atoms with E-state index >= 15 is 0 Å². The molecule has 1 heterocycles. The summed E-state index contributed by atoms with van der Waals surface area (Å²) in [6, 6.07) is 8.08. The maximum Gasteiger partial charge on any atom is 0.122 e. The molecule has 1 aromatic rings. The smallest absolute Gasteiger partial charge is 0.122 e. The highest BCUT2D eigenvalue weighted by Crippen LogP contribution is 2.22. The molecule has 74 valence electrons. The SMILES string of the molecule is COc1ccccc1CC1CC=CO1. The van der Waals surface area contributed by atoms with Gasteiger partial charge in [0.2, 0.25) is 0 Å². The largest absolute Gasteiger partial charge is 0.498 e. The molecule has 0 N–H and O–H groups in total. The van der Waals surface area contributed by atoms with Crippen molar-refractivity contribution < 1.29 is 9.47 Å². The van der Waals surface area contributed by atoms with Crippen LogP contribution in [0.2, 0.25) is 0 Å². The van der Waals surface area contributed by atoms with Crippen molar-refractivity contribution in [1.29, 1.82) is 0 Å². The van der Waals surface area contributed by atoms with Crippen molar-refractivity contribution in [3.05, 3.63) is 42.2 Å². The Morgan fingerprint density at radius 2 is 2.29 bits per heavy atom. The van der Waals surface area contributed by atoms with Crippen LogP contribution in [-0.2, 0) is 11.2 Å². The molecule has 0 saturated heterocycles. The highest BCUT2D eigenvalue weighted by Gasteiger charge is 2.14. The molecule has 1 unspecified atom stereocenters. The summed E-state index contributed by atoms with van der Waals surface area (Å²) in [4.78, 5) is 0. The van der Waals surface area contributed by atoms with Gasteiger partial charge in [0.05, 0.1) is 13.4 Å². The summed E-state index contributed by atoms with van der Waals surface area (Å²) in [7, 11) is 1.70. The number of rotatable bonds is 3. The molecule has 0 bridgehead atoms. The van der Waals surface area contributed by atoms with Gasteiger partial charge in [-0.3, -0.25) is 0 Å². The van der Waals surface area contributed by atoms with Gasteiger partial charge in [-0.1, -0.05) is 18.2 Å². The zero-order chi connectivity index (χ0) is 9.80. The van der Waals surface area contributed by atoms with Crippen LogP contribution in [0.15, 0.2) is 36.6 Å². The van der Waals surface area contributed by atoms with E-state index in [0.717, 1.165) is 18.6 Å². The second-order valence-corrected chi connectivity index (χ2v) is 3.38. The Balaban J connectivity index is 2.07. The van der Waals surface area contributed by atoms with Crippen molar-refractivity contribution in [3.8, 4) is 5.75 Å². The molecule has 0 radical (unpaired) electrons. The van der Waals surface area contributed by atoms with Crippen molar-refractivity contribution in [3.63, 3.8) is 0 Å². The minimum Gasteiger partial charge on any atom is -0.498 e. The Morgan fingerprint density at radius 3 is 3.00 bits per heavy atom. The van der Waals surface area contributed by atoms with E-state index in [1.54, 1.807) is 13.4 Å². The van der Waals surface area contributed by atoms with Gasteiger partial charge in [0, 0.05) is 12.8 Å². The lowest BCUT2D eigenvalue weighted by atomic mass is 10.1. The van der Waals surface area contributed by atoms with Gasteiger partial charge < -0.3 is 9.47 Å². The predicted molar refractivity (Wildman–Crippen MR) is 55.3 cm³/mol. The molecule has 0 fully saturated rings. The molecule has 2 rings (SSSR count). The highest BCUT2D eigenvalue weighted by molar-refractivity contribution is 5.33. The first-order valence-electron chi connectivity index (χ1n) is 4.82. The first-order valence-corrected chi connectivity index (χ1v) is 4.82. The average Bonchev–Trinajstić information content (AvgIpc) is 2.71. The molecule has 0 saturated carbocycles. The van der Waals surface area contributed by atoms with Gasteiger partial charge in [-0.15, -0.1) is 0 Å². The van der Waals surface area contributed by atoms with Crippen LogP contribution in [0.4, 0.5) is 0 Å². The summed E-state index contributed by atoms with van der Waals surface area (Å²) in [5.74, 6) is 0.947. The summed E-state index contributed by atoms with van der Waals surface area (Å²) in [6.07, 6.45) is 6.03. The fourth-order valence-corrected chi connectivity index (χ4v) is 1.68. The number of para-hydroxylation sites is 1. The van der Waals surface area contributed by atoms with E-state index in [4.69, 9.17) is 9.47 Å². The summed E-state index contributed by atoms with van der Waals surface area (Å²) in [5, 5.41) is 0. The van der Waals surface area contributed by atoms with E-state index in [2.05, 4.69) is 12.1 Å². The van der Waals surface area contributed by atoms with Gasteiger partial charge in [0.15, 0.2) is 0 Å². The van der Waals surface area contributed by atoms with Crippen molar-refractivity contribution >= 4 is 0 Å². The van der Waals surface area contributed by atoms with E-state index in [1.807, 2.05) is 18.2 Å². The average molecular weight is 190 g/mol. The molecule has 1 aliphatic rings. The molecule has 0 aromatic heterocycles. The van der Waals surface area contributed by atoms with Crippen LogP contribution < -0.4 is 4.74 Å². The molecule has 1 atom stereocenters. The number of ether oxygens (including phenoxy) is 2. The van der Waals surface area contributed by atoms with E-state index in [0.29, 0.717) is 0 Å². The lowest BCUT2D eigenvalue weighted by Gasteiger charge is -2.12. The van der Waals surface area contributed by atoms with Crippen molar-refractivity contribution in [2.75, 3.05) is 7.11 Å². The van der Waals surface area contributed by atoms with Crippen LogP contribution in [0, 0.1) is 0 Å². The molecular weight excluding hydrogens is 176 g/mol. The van der Waals surface area contributed by atoms with Crippen LogP contribution in [0.1, 0.15) is 12.0 Å². The lowest BCUT2D eigenvalue weighted by Crippen LogP contribution is -2.09. The van der Waals surface area contributed by atoms with Gasteiger partial charge in [-0.05, 0) is 17.7 Å². The third kappa shape index (κ3) is 1.90. The molecule has 2 nitrogen and oxygen atoms in total. The topological polar surface area (TPSA) is 18.5 Å². The molecule has 0 aliphatic carbocycles. The molecule has 2 heteroatoms. The second-order valence-electron chi connectivity index (χ2n) is 3.38. The van der Waals surface area contributed by atoms with Crippen LogP contribution in [0.5, 0.6) is 5.75 Å². The lowest BCUT2D eigenvalue weighted by molar-refractivity contribution is 0.169. The molecule has 0 spiro atoms. The van der Waals surface area contributed by atoms with Crippen LogP contribution in [0.25, 0.3) is 0 Å². The molecular formula is C12H14O2. The Kier molecular flexibility index (Phi) is 2.73. The first kappa shape index (κ1) is 9.13. The minimum absolute atomic E-state index is 0.284. The zero-order valence-electron chi connectivity index (χ0n) is 8.27. The summed E-state index contributed by atoms with van der Waals surface area (Å²) < 4.78 is 10.7. The van der Waals surface area contributed by atoms with Gasteiger partial charge in [0.25, 0.3) is 0 Å². The monoisotopic (exact) mass is 190 g/mol. The van der Waals surface area contributed by atoms with Gasteiger partial charge in [-0.25, -0.2) is 0 Å². The normalized spacial score (nSPS) is 19.4. The fourth-order valence-electron chi connectivity index (χ4n) is 1.68. The number of methoxy groups -OCH3 is 1. The zero-order valence-corrected chi connectivity index (χ0v) is 8.27. The third-order valence-corrected chi connectivity index (χ3v) is 2.41. The first-order chi connectivity index (χ1) is 6.90. The van der Waals surface area contributed by atoms with Crippen LogP contribution in [0.3, 0.4) is 0 Å². The quantitative estimate of drug-likeness (QED) is 0.729. The maximum absolute atomic E-state index is 5.42. The number of benzene rings is 1. The van der Waals surface area contributed by atoms with E-state index < -0.39 is 0 Å². The van der Waals surface area contributed by atoms with E-state index in [1.165, 1.54) is 5.56 Å². The molecule has 1 aliphatic heterocycles. The Morgan fingerprint density at radius 1 is 1.43 bits per heavy atom. The molecule has 0 amide bonds. The summed E-state index contributed by atoms with van der Waals surface area (Å²) >= 11 is 0. The third-order valence-electron chi connectivity index (χ3n) is 2.41. The molecule has 1 aromatic carbocycles. The Bertz CT molecular complexity index is 323. The van der Waals surface area contributed by atoms with Crippen molar-refractivity contribution in [2.24, 2.45) is 0 Å². The predicted octanol–water partition coefficient (Wildman–Crippen LogP) is 2.54. The fraction of sp³-hybridized carbons (Fsp3) is 0.333. The number of hydrogen-bond acceptors (Lipinski definition) is 2. The van der Waals surface area contributed by atoms with Gasteiger partial charge in [-0.2, -0.15) is 0 Å². The Labute approximate surface area is 84.2 Å². The van der Waals surface area contributed by atoms with E-state index in [-0.39, 0.29) is 6.10 Å². The summed E-state index contributed by atoms with van der Waals surface area (Å²) in [6.45, 7) is 0. The van der Waals surface area contributed by atoms with Crippen molar-refractivity contribution in [2.45, 2.75) is 18.9 Å². The number of hydrogen-bond donors (Lipinski definition) is 0. The van der Waals surface area contributed by atoms with Gasteiger partial charge in [0.1, 0.15) is 11.9 Å². The van der Waals surface area contributed by atoms with Crippen LogP contribution >= 0.6 is 0 Å². The van der Waals surface area contributed by atoms with Crippen molar-refractivity contribution in [1.82, 2.24) is 0 Å².